The predicted molar refractivity (Wildman–Crippen MR) is 95.7 cm³/mol. The molecule has 2 heterocycles. The Balaban J connectivity index is 0.00000169. The maximum absolute atomic E-state index is 12.4. The van der Waals surface area contributed by atoms with Gasteiger partial charge >= 0.3 is 0 Å². The van der Waals surface area contributed by atoms with E-state index in [1.807, 2.05) is 0 Å². The molecule has 1 aliphatic rings. The van der Waals surface area contributed by atoms with Crippen LogP contribution < -0.4 is 10.0 Å². The number of furan rings is 1. The maximum atomic E-state index is 12.4. The second kappa shape index (κ2) is 6.66. The molecule has 7 nitrogen and oxygen atoms in total. The van der Waals surface area contributed by atoms with E-state index in [-0.39, 0.29) is 19.9 Å². The number of carbonyl (C=O) groups excluding carboxylic acids is 1. The molecule has 0 unspecified atom stereocenters. The summed E-state index contributed by atoms with van der Waals surface area (Å²) in [6.07, 6.45) is 3.81. The van der Waals surface area contributed by atoms with Crippen LogP contribution in [0.2, 0.25) is 0 Å². The number of rotatable bonds is 5. The Labute approximate surface area is 147 Å². The van der Waals surface area contributed by atoms with Crippen molar-refractivity contribution in [2.75, 3.05) is 5.32 Å². The number of nitrogens with zero attached hydrogens (tertiary/aromatic N) is 1. The van der Waals surface area contributed by atoms with Gasteiger partial charge in [-0.2, -0.15) is 0 Å². The molecule has 3 rings (SSSR count). The molecule has 2 aromatic rings. The number of nitrogens with one attached hydrogen (secondary N) is 2. The van der Waals surface area contributed by atoms with Crippen LogP contribution in [0.15, 0.2) is 21.6 Å². The van der Waals surface area contributed by atoms with Crippen molar-refractivity contribution in [3.05, 3.63) is 17.8 Å². The van der Waals surface area contributed by atoms with Crippen LogP contribution in [0.4, 0.5) is 5.13 Å². The summed E-state index contributed by atoms with van der Waals surface area (Å²) >= 11 is 1.25. The van der Waals surface area contributed by atoms with Gasteiger partial charge in [0.05, 0.1) is 10.6 Å². The van der Waals surface area contributed by atoms with Gasteiger partial charge in [0.15, 0.2) is 5.13 Å². The fourth-order valence-corrected chi connectivity index (χ4v) is 4.95. The van der Waals surface area contributed by atoms with Crippen molar-refractivity contribution in [3.8, 4) is 10.6 Å². The highest BCUT2D eigenvalue weighted by molar-refractivity contribution is 7.89. The molecule has 134 valence electrons. The number of aromatic nitrogens is 1. The van der Waals surface area contributed by atoms with Crippen molar-refractivity contribution in [1.82, 2.24) is 9.71 Å². The average molecular weight is 374 g/mol. The number of aryl methyl sites for hydroxylation is 1. The highest BCUT2D eigenvalue weighted by Gasteiger charge is 2.26. The molecule has 0 radical (unpaired) electrons. The normalized spacial score (nSPS) is 15.8. The number of amides is 1. The molecule has 0 bridgehead atoms. The third-order valence-electron chi connectivity index (χ3n) is 3.83. The summed E-state index contributed by atoms with van der Waals surface area (Å²) in [7, 11) is -3.66. The minimum absolute atomic E-state index is 0. The minimum atomic E-state index is -3.66. The summed E-state index contributed by atoms with van der Waals surface area (Å²) in [5, 5.41) is 2.98. The smallest absolute Gasteiger partial charge is 0.274 e. The van der Waals surface area contributed by atoms with Crippen LogP contribution in [-0.2, 0) is 14.8 Å². The lowest BCUT2D eigenvalue weighted by Gasteiger charge is -2.10. The fourth-order valence-electron chi connectivity index (χ4n) is 2.74. The molecule has 2 N–H and O–H groups in total. The van der Waals surface area contributed by atoms with Crippen molar-refractivity contribution in [2.24, 2.45) is 0 Å². The van der Waals surface area contributed by atoms with Crippen molar-refractivity contribution in [2.45, 2.75) is 50.7 Å². The van der Waals surface area contributed by atoms with Crippen LogP contribution in [0, 0.1) is 6.92 Å². The fraction of sp³-hybridized carbons (Fsp3) is 0.467. The highest BCUT2D eigenvalue weighted by atomic mass is 32.2. The van der Waals surface area contributed by atoms with E-state index in [0.717, 1.165) is 25.7 Å². The first-order valence-electron chi connectivity index (χ1n) is 7.73. The molecular formula is C15H23N3O4S2. The maximum Gasteiger partial charge on any atom is 0.274 e. The van der Waals surface area contributed by atoms with Gasteiger partial charge in [0.25, 0.3) is 10.0 Å². The summed E-state index contributed by atoms with van der Waals surface area (Å²) < 4.78 is 33.0. The Hall–Kier alpha value is -1.71. The van der Waals surface area contributed by atoms with Crippen LogP contribution in [0.5, 0.6) is 0 Å². The summed E-state index contributed by atoms with van der Waals surface area (Å²) in [6, 6.07) is 3.05. The summed E-state index contributed by atoms with van der Waals surface area (Å²) in [4.78, 5) is 16.1. The van der Waals surface area contributed by atoms with E-state index in [0.29, 0.717) is 21.5 Å². The van der Waals surface area contributed by atoms with E-state index < -0.39 is 10.0 Å². The molecule has 0 saturated heterocycles. The van der Waals surface area contributed by atoms with Crippen molar-refractivity contribution in [1.29, 1.82) is 0 Å². The molecular weight excluding hydrogens is 350 g/mol. The summed E-state index contributed by atoms with van der Waals surface area (Å²) in [5.74, 6) is 0.215. The van der Waals surface area contributed by atoms with Crippen LogP contribution in [0.25, 0.3) is 10.6 Å². The first kappa shape index (κ1) is 17.1. The molecule has 0 atom stereocenters. The Morgan fingerprint density at radius 3 is 2.75 bits per heavy atom. The van der Waals surface area contributed by atoms with E-state index in [4.69, 9.17) is 4.42 Å². The number of hydrogen-bond donors (Lipinski definition) is 2. The van der Waals surface area contributed by atoms with Gasteiger partial charge in [-0.05, 0) is 31.9 Å². The average Bonchev–Trinajstić information content (AvgIpc) is 3.18. The van der Waals surface area contributed by atoms with Gasteiger partial charge < -0.3 is 9.73 Å². The molecule has 1 saturated carbocycles. The van der Waals surface area contributed by atoms with Crippen LogP contribution >= 0.6 is 11.3 Å². The first-order valence-corrected chi connectivity index (χ1v) is 10.0. The predicted octanol–water partition coefficient (Wildman–Crippen LogP) is 3.38. The molecule has 0 spiro atoms. The second-order valence-electron chi connectivity index (χ2n) is 5.84. The zero-order valence-corrected chi connectivity index (χ0v) is 15.1. The number of anilines is 1. The Kier molecular flexibility index (Phi) is 4.75. The molecule has 0 aliphatic heterocycles. The third-order valence-corrected chi connectivity index (χ3v) is 6.31. The van der Waals surface area contributed by atoms with Gasteiger partial charge in [0.1, 0.15) is 5.76 Å². The lowest BCUT2D eigenvalue weighted by Crippen LogP contribution is -2.32. The van der Waals surface area contributed by atoms with Gasteiger partial charge in [-0.1, -0.05) is 24.2 Å². The van der Waals surface area contributed by atoms with Crippen LogP contribution in [-0.4, -0.2) is 25.4 Å². The molecule has 1 amide bonds. The van der Waals surface area contributed by atoms with Crippen LogP contribution in [0.3, 0.4) is 0 Å². The van der Waals surface area contributed by atoms with E-state index in [1.54, 1.807) is 13.0 Å². The highest BCUT2D eigenvalue weighted by Crippen LogP contribution is 2.34. The van der Waals surface area contributed by atoms with E-state index in [9.17, 15) is 13.2 Å². The number of hydrogen-bond acceptors (Lipinski definition) is 6. The van der Waals surface area contributed by atoms with Gasteiger partial charge in [-0.3, -0.25) is 4.79 Å². The molecule has 1 fully saturated rings. The molecule has 1 aliphatic carbocycles. The van der Waals surface area contributed by atoms with Gasteiger partial charge in [-0.15, -0.1) is 0 Å². The van der Waals surface area contributed by atoms with Crippen molar-refractivity contribution < 1.29 is 20.5 Å². The Morgan fingerprint density at radius 2 is 2.08 bits per heavy atom. The van der Waals surface area contributed by atoms with Crippen molar-refractivity contribution >= 4 is 32.4 Å². The SMILES string of the molecule is CC(=O)Nc1nc(C)c(-c2ccc(S(=O)(=O)NC3CCCC3)o2)s1.[HH].[HH]. The monoisotopic (exact) mass is 373 g/mol. The number of thiazole rings is 1. The first-order chi connectivity index (χ1) is 11.3. The quantitative estimate of drug-likeness (QED) is 0.836. The van der Waals surface area contributed by atoms with E-state index >= 15 is 0 Å². The minimum Gasteiger partial charge on any atom is -0.442 e. The molecule has 9 heteroatoms. The number of sulfonamides is 1. The number of carbonyl (C=O) groups is 1. The van der Waals surface area contributed by atoms with Gasteiger partial charge in [0.2, 0.25) is 11.0 Å². The Morgan fingerprint density at radius 1 is 1.38 bits per heavy atom. The Bertz CT molecular complexity index is 858. The molecule has 2 aromatic heterocycles. The lowest BCUT2D eigenvalue weighted by molar-refractivity contribution is -0.114. The topological polar surface area (TPSA) is 101 Å². The third kappa shape index (κ3) is 3.68. The van der Waals surface area contributed by atoms with E-state index in [1.165, 1.54) is 24.3 Å². The second-order valence-corrected chi connectivity index (χ2v) is 8.48. The summed E-state index contributed by atoms with van der Waals surface area (Å²) in [6.45, 7) is 3.19. The zero-order chi connectivity index (χ0) is 17.3. The molecule has 24 heavy (non-hydrogen) atoms. The van der Waals surface area contributed by atoms with Gasteiger partial charge in [-0.25, -0.2) is 18.1 Å². The standard InChI is InChI=1S/C15H19N3O4S2.2H2/c1-9-14(23-15(16-9)17-10(2)19)12-7-8-13(22-12)24(20,21)18-11-5-3-4-6-11;;/h7-8,11,18H,3-6H2,1-2H3,(H,16,17,19);2*1H. The molecule has 0 aromatic carbocycles. The van der Waals surface area contributed by atoms with Crippen LogP contribution in [0.1, 0.15) is 41.2 Å². The van der Waals surface area contributed by atoms with Gasteiger partial charge in [0, 0.05) is 15.8 Å². The van der Waals surface area contributed by atoms with Crippen molar-refractivity contribution in [3.63, 3.8) is 0 Å². The zero-order valence-electron chi connectivity index (χ0n) is 13.5. The lowest BCUT2D eigenvalue weighted by atomic mass is 10.3. The van der Waals surface area contributed by atoms with E-state index in [2.05, 4.69) is 15.0 Å². The largest absolute Gasteiger partial charge is 0.442 e. The summed E-state index contributed by atoms with van der Waals surface area (Å²) in [5.41, 5.74) is 0.672.